The fraction of sp³-hybridized carbons (Fsp3) is 0.667. The Morgan fingerprint density at radius 1 is 1.07 bits per heavy atom. The number of carbonyl (C=O) groups is 1. The Hall–Kier alpha value is -1.64. The quantitative estimate of drug-likeness (QED) is 0.657. The lowest BCUT2D eigenvalue weighted by atomic mass is 10.1. The van der Waals surface area contributed by atoms with Crippen LogP contribution in [-0.2, 0) is 14.8 Å². The van der Waals surface area contributed by atoms with Crippen LogP contribution in [0.5, 0.6) is 5.75 Å². The molecule has 0 atom stereocenters. The highest BCUT2D eigenvalue weighted by molar-refractivity contribution is 7.89. The van der Waals surface area contributed by atoms with Crippen molar-refractivity contribution in [2.75, 3.05) is 44.6 Å². The van der Waals surface area contributed by atoms with Gasteiger partial charge >= 0.3 is 0 Å². The van der Waals surface area contributed by atoms with E-state index in [1.54, 1.807) is 6.07 Å². The average Bonchev–Trinajstić information content (AvgIpc) is 2.66. The van der Waals surface area contributed by atoms with Crippen molar-refractivity contribution in [2.24, 2.45) is 0 Å². The lowest BCUT2D eigenvalue weighted by Crippen LogP contribution is -2.35. The van der Waals surface area contributed by atoms with Crippen LogP contribution in [-0.4, -0.2) is 62.9 Å². The lowest BCUT2D eigenvalue weighted by molar-refractivity contribution is -0.117. The predicted molar refractivity (Wildman–Crippen MR) is 116 cm³/mol. The second-order valence-corrected chi connectivity index (χ2v) is 9.21. The number of sulfonamides is 1. The molecule has 0 unspecified atom stereocenters. The smallest absolute Gasteiger partial charge is 0.243 e. The molecule has 0 aromatic heterocycles. The fourth-order valence-electron chi connectivity index (χ4n) is 3.63. The van der Waals surface area contributed by atoms with E-state index in [1.807, 2.05) is 20.8 Å². The van der Waals surface area contributed by atoms with Crippen molar-refractivity contribution in [3.63, 3.8) is 0 Å². The number of rotatable bonds is 9. The third-order valence-corrected chi connectivity index (χ3v) is 7.23. The number of carbonyl (C=O) groups excluding carboxylic acids is 1. The highest BCUT2D eigenvalue weighted by atomic mass is 32.2. The van der Waals surface area contributed by atoms with E-state index in [1.165, 1.54) is 35.7 Å². The molecule has 1 amide bonds. The van der Waals surface area contributed by atoms with E-state index in [-0.39, 0.29) is 10.8 Å². The normalized spacial score (nSPS) is 16.3. The summed E-state index contributed by atoms with van der Waals surface area (Å²) < 4.78 is 32.7. The van der Waals surface area contributed by atoms with Gasteiger partial charge in [0.1, 0.15) is 5.75 Å². The van der Waals surface area contributed by atoms with Crippen LogP contribution in [0, 0.1) is 0 Å². The molecular formula is C21H35N3O4S. The van der Waals surface area contributed by atoms with Crippen LogP contribution in [0.25, 0.3) is 0 Å². The maximum atomic E-state index is 12.9. The predicted octanol–water partition coefficient (Wildman–Crippen LogP) is 3.32. The number of hydrogen-bond acceptors (Lipinski definition) is 5. The van der Waals surface area contributed by atoms with Crippen LogP contribution >= 0.6 is 0 Å². The summed E-state index contributed by atoms with van der Waals surface area (Å²) in [4.78, 5) is 15.0. The van der Waals surface area contributed by atoms with E-state index in [0.717, 1.165) is 25.9 Å². The van der Waals surface area contributed by atoms with Gasteiger partial charge in [-0.1, -0.05) is 33.1 Å². The Balaban J connectivity index is 2.19. The fourth-order valence-corrected chi connectivity index (χ4v) is 5.11. The maximum absolute atomic E-state index is 12.9. The van der Waals surface area contributed by atoms with Crippen LogP contribution in [0.4, 0.5) is 5.69 Å². The molecule has 0 aliphatic carbocycles. The van der Waals surface area contributed by atoms with Crippen LogP contribution in [0.3, 0.4) is 0 Å². The van der Waals surface area contributed by atoms with E-state index in [9.17, 15) is 13.2 Å². The van der Waals surface area contributed by atoms with Crippen LogP contribution < -0.4 is 10.1 Å². The molecule has 164 valence electrons. The minimum atomic E-state index is -3.61. The van der Waals surface area contributed by atoms with Gasteiger partial charge in [0.15, 0.2) is 0 Å². The number of nitrogens with zero attached hydrogens (tertiary/aromatic N) is 2. The minimum Gasteiger partial charge on any atom is -0.492 e. The van der Waals surface area contributed by atoms with Crippen molar-refractivity contribution in [1.82, 2.24) is 9.21 Å². The third kappa shape index (κ3) is 6.69. The number of hydrogen-bond donors (Lipinski definition) is 1. The van der Waals surface area contributed by atoms with E-state index in [0.29, 0.717) is 37.7 Å². The molecule has 1 N–H and O–H groups in total. The van der Waals surface area contributed by atoms with Gasteiger partial charge in [0.25, 0.3) is 0 Å². The van der Waals surface area contributed by atoms with Gasteiger partial charge in [-0.3, -0.25) is 9.69 Å². The molecule has 1 aromatic rings. The van der Waals surface area contributed by atoms with Crippen molar-refractivity contribution in [2.45, 2.75) is 57.8 Å². The Labute approximate surface area is 175 Å². The van der Waals surface area contributed by atoms with E-state index >= 15 is 0 Å². The largest absolute Gasteiger partial charge is 0.492 e. The Kier molecular flexibility index (Phi) is 9.39. The molecule has 1 heterocycles. The first kappa shape index (κ1) is 23.6. The van der Waals surface area contributed by atoms with Gasteiger partial charge in [-0.2, -0.15) is 4.31 Å². The van der Waals surface area contributed by atoms with E-state index in [4.69, 9.17) is 4.74 Å². The van der Waals surface area contributed by atoms with Gasteiger partial charge in [0.2, 0.25) is 15.9 Å². The number of ether oxygens (including phenoxy) is 1. The van der Waals surface area contributed by atoms with Crippen molar-refractivity contribution < 1.29 is 17.9 Å². The zero-order valence-electron chi connectivity index (χ0n) is 17.9. The highest BCUT2D eigenvalue weighted by Crippen LogP contribution is 2.29. The maximum Gasteiger partial charge on any atom is 0.243 e. The second kappa shape index (κ2) is 11.5. The number of amides is 1. The summed E-state index contributed by atoms with van der Waals surface area (Å²) in [6.07, 6.45) is 5.89. The molecule has 0 saturated carbocycles. The summed E-state index contributed by atoms with van der Waals surface area (Å²) in [5.74, 6) is 0.330. The summed E-state index contributed by atoms with van der Waals surface area (Å²) >= 11 is 0. The highest BCUT2D eigenvalue weighted by Gasteiger charge is 2.23. The molecule has 2 rings (SSSR count). The van der Waals surface area contributed by atoms with Gasteiger partial charge in [-0.05, 0) is 51.1 Å². The summed E-state index contributed by atoms with van der Waals surface area (Å²) in [6.45, 7) is 8.82. The summed E-state index contributed by atoms with van der Waals surface area (Å²) in [5, 5.41) is 2.88. The van der Waals surface area contributed by atoms with Crippen LogP contribution in [0.1, 0.15) is 52.9 Å². The molecule has 0 bridgehead atoms. The van der Waals surface area contributed by atoms with Crippen LogP contribution in [0.2, 0.25) is 0 Å². The minimum absolute atomic E-state index is 0.149. The zero-order valence-corrected chi connectivity index (χ0v) is 18.8. The summed E-state index contributed by atoms with van der Waals surface area (Å²) in [6, 6.07) is 4.65. The van der Waals surface area contributed by atoms with Crippen molar-refractivity contribution in [3.05, 3.63) is 18.2 Å². The van der Waals surface area contributed by atoms with Gasteiger partial charge in [0, 0.05) is 13.1 Å². The molecule has 1 aliphatic heterocycles. The van der Waals surface area contributed by atoms with E-state index in [2.05, 4.69) is 10.2 Å². The first-order valence-electron chi connectivity index (χ1n) is 10.7. The van der Waals surface area contributed by atoms with Crippen LogP contribution in [0.15, 0.2) is 23.1 Å². The lowest BCUT2D eigenvalue weighted by Gasteiger charge is -2.24. The van der Waals surface area contributed by atoms with E-state index < -0.39 is 10.0 Å². The molecule has 1 fully saturated rings. The summed E-state index contributed by atoms with van der Waals surface area (Å²) in [5.41, 5.74) is 0.400. The third-order valence-electron chi connectivity index (χ3n) is 5.18. The molecule has 1 saturated heterocycles. The number of anilines is 1. The zero-order chi connectivity index (χ0) is 21.3. The number of likely N-dealkylation sites (tertiary alicyclic amines) is 1. The molecular weight excluding hydrogens is 390 g/mol. The summed E-state index contributed by atoms with van der Waals surface area (Å²) in [7, 11) is -3.61. The second-order valence-electron chi connectivity index (χ2n) is 7.27. The first-order valence-corrected chi connectivity index (χ1v) is 12.2. The van der Waals surface area contributed by atoms with Crippen molar-refractivity contribution in [1.29, 1.82) is 0 Å². The molecule has 7 nitrogen and oxygen atoms in total. The first-order chi connectivity index (χ1) is 13.9. The van der Waals surface area contributed by atoms with Gasteiger partial charge in [-0.25, -0.2) is 8.42 Å². The van der Waals surface area contributed by atoms with Crippen molar-refractivity contribution in [3.8, 4) is 5.75 Å². The monoisotopic (exact) mass is 425 g/mol. The standard InChI is InChI=1S/C21H35N3O4S/c1-4-24(5-2)29(26,27)18-12-13-20(28-6-3)19(16-18)22-21(25)17-23-14-10-8-7-9-11-15-23/h12-13,16H,4-11,14-15,17H2,1-3H3,(H,22,25). The average molecular weight is 426 g/mol. The SMILES string of the molecule is CCOc1ccc(S(=O)(=O)N(CC)CC)cc1NC(=O)CN1CCCCCCC1. The molecule has 8 heteroatoms. The molecule has 0 spiro atoms. The molecule has 29 heavy (non-hydrogen) atoms. The van der Waals surface area contributed by atoms with Gasteiger partial charge in [-0.15, -0.1) is 0 Å². The topological polar surface area (TPSA) is 79.0 Å². The van der Waals surface area contributed by atoms with Gasteiger partial charge < -0.3 is 10.1 Å². The van der Waals surface area contributed by atoms with Crippen molar-refractivity contribution >= 4 is 21.6 Å². The van der Waals surface area contributed by atoms with Gasteiger partial charge in [0.05, 0.1) is 23.7 Å². The molecule has 0 radical (unpaired) electrons. The molecule has 1 aromatic carbocycles. The number of nitrogens with one attached hydrogen (secondary N) is 1. The Morgan fingerprint density at radius 2 is 1.69 bits per heavy atom. The molecule has 1 aliphatic rings. The number of benzene rings is 1. The Morgan fingerprint density at radius 3 is 2.28 bits per heavy atom. The Bertz CT molecular complexity index is 755.